The van der Waals surface area contributed by atoms with E-state index in [1.54, 1.807) is 0 Å². The van der Waals surface area contributed by atoms with Crippen molar-refractivity contribution >= 4 is 39.8 Å². The number of hydrogen-bond donors (Lipinski definition) is 2. The molecule has 0 spiro atoms. The van der Waals surface area contributed by atoms with Crippen molar-refractivity contribution in [2.24, 2.45) is 4.99 Å². The van der Waals surface area contributed by atoms with Gasteiger partial charge in [-0.3, -0.25) is 0 Å². The second-order valence-electron chi connectivity index (χ2n) is 7.61. The molecule has 2 N–H and O–H groups in total. The normalized spacial score (nSPS) is 13.7. The maximum absolute atomic E-state index is 11.3. The smallest absolute Gasteiger partial charge is 0.191 e. The zero-order valence-corrected chi connectivity index (χ0v) is 19.9. The number of benzene rings is 1. The fraction of sp³-hybridized carbons (Fsp3) is 0.632. The van der Waals surface area contributed by atoms with Gasteiger partial charge in [0.05, 0.1) is 12.3 Å². The quantitative estimate of drug-likeness (QED) is 0.345. The fourth-order valence-corrected chi connectivity index (χ4v) is 3.08. The molecular formula is C19H34IN3O2S. The molecule has 7 heteroatoms. The van der Waals surface area contributed by atoms with Gasteiger partial charge < -0.3 is 10.6 Å². The van der Waals surface area contributed by atoms with Crippen molar-refractivity contribution in [3.63, 3.8) is 0 Å². The Balaban J connectivity index is 0.00000625. The second-order valence-corrected chi connectivity index (χ2v) is 9.87. The van der Waals surface area contributed by atoms with Crippen LogP contribution >= 0.6 is 24.0 Å². The molecule has 5 nitrogen and oxygen atoms in total. The minimum absolute atomic E-state index is 0. The van der Waals surface area contributed by atoms with Crippen LogP contribution in [-0.4, -0.2) is 39.0 Å². The summed E-state index contributed by atoms with van der Waals surface area (Å²) in [5.74, 6) is 0.887. The summed E-state index contributed by atoms with van der Waals surface area (Å²) in [5.41, 5.74) is 2.60. The lowest BCUT2D eigenvalue weighted by Gasteiger charge is -2.19. The number of sulfone groups is 1. The number of halogens is 1. The highest BCUT2D eigenvalue weighted by Crippen LogP contribution is 2.22. The average Bonchev–Trinajstić information content (AvgIpc) is 2.50. The Morgan fingerprint density at radius 2 is 1.77 bits per heavy atom. The summed E-state index contributed by atoms with van der Waals surface area (Å²) >= 11 is 0. The molecule has 1 atom stereocenters. The summed E-state index contributed by atoms with van der Waals surface area (Å²) in [6.07, 6.45) is 1.82. The topological polar surface area (TPSA) is 70.6 Å². The maximum Gasteiger partial charge on any atom is 0.191 e. The third-order valence-electron chi connectivity index (χ3n) is 3.89. The van der Waals surface area contributed by atoms with E-state index in [1.807, 2.05) is 13.8 Å². The summed E-state index contributed by atoms with van der Waals surface area (Å²) in [5, 5.41) is 6.48. The Bertz CT molecular complexity index is 665. The standard InChI is InChI=1S/C19H33N3O2S.HI/c1-7-20-18(22-15(2)12-13-25(6,23)24)21-14-16-8-10-17(11-9-16)19(3,4)5;/h8-11,15H,7,12-14H2,1-6H3,(H2,20,21,22);1H. The molecule has 0 fully saturated rings. The Labute approximate surface area is 176 Å². The van der Waals surface area contributed by atoms with Crippen LogP contribution in [0.1, 0.15) is 52.2 Å². The van der Waals surface area contributed by atoms with E-state index in [2.05, 4.69) is 60.7 Å². The minimum atomic E-state index is -2.94. The van der Waals surface area contributed by atoms with Gasteiger partial charge in [-0.05, 0) is 36.8 Å². The van der Waals surface area contributed by atoms with Crippen LogP contribution < -0.4 is 10.6 Å². The van der Waals surface area contributed by atoms with Gasteiger partial charge in [0, 0.05) is 18.8 Å². The Morgan fingerprint density at radius 3 is 2.23 bits per heavy atom. The number of hydrogen-bond acceptors (Lipinski definition) is 3. The molecule has 0 amide bonds. The average molecular weight is 495 g/mol. The van der Waals surface area contributed by atoms with Gasteiger partial charge in [0.15, 0.2) is 5.96 Å². The summed E-state index contributed by atoms with van der Waals surface area (Å²) in [7, 11) is -2.94. The summed E-state index contributed by atoms with van der Waals surface area (Å²) in [6.45, 7) is 11.9. The molecule has 0 bridgehead atoms. The fourth-order valence-electron chi connectivity index (χ4n) is 2.30. The van der Waals surface area contributed by atoms with E-state index < -0.39 is 9.84 Å². The SMILES string of the molecule is CCNC(=NCc1ccc(C(C)(C)C)cc1)NC(C)CCS(C)(=O)=O.I. The number of rotatable bonds is 7. The van der Waals surface area contributed by atoms with Gasteiger partial charge in [0.1, 0.15) is 9.84 Å². The number of nitrogens with one attached hydrogen (secondary N) is 2. The largest absolute Gasteiger partial charge is 0.357 e. The van der Waals surface area contributed by atoms with Crippen molar-refractivity contribution in [3.05, 3.63) is 35.4 Å². The van der Waals surface area contributed by atoms with E-state index in [9.17, 15) is 8.42 Å². The first-order chi connectivity index (χ1) is 11.5. The maximum atomic E-state index is 11.3. The van der Waals surface area contributed by atoms with Gasteiger partial charge in [-0.25, -0.2) is 13.4 Å². The molecule has 0 radical (unpaired) electrons. The molecule has 0 aliphatic carbocycles. The molecule has 150 valence electrons. The van der Waals surface area contributed by atoms with E-state index >= 15 is 0 Å². The predicted molar refractivity (Wildman–Crippen MR) is 122 cm³/mol. The van der Waals surface area contributed by atoms with Crippen LogP contribution in [0.4, 0.5) is 0 Å². The Hall–Kier alpha value is -0.830. The highest BCUT2D eigenvalue weighted by Gasteiger charge is 2.13. The lowest BCUT2D eigenvalue weighted by molar-refractivity contribution is 0.581. The lowest BCUT2D eigenvalue weighted by Crippen LogP contribution is -2.42. The van der Waals surface area contributed by atoms with Gasteiger partial charge in [-0.15, -0.1) is 24.0 Å². The van der Waals surface area contributed by atoms with Crippen molar-refractivity contribution in [1.82, 2.24) is 10.6 Å². The molecule has 0 aliphatic heterocycles. The van der Waals surface area contributed by atoms with Crippen molar-refractivity contribution in [3.8, 4) is 0 Å². The molecule has 1 unspecified atom stereocenters. The second kappa shape index (κ2) is 11.1. The highest BCUT2D eigenvalue weighted by molar-refractivity contribution is 14.0. The molecule has 0 aliphatic rings. The molecule has 0 saturated heterocycles. The van der Waals surface area contributed by atoms with E-state index in [0.717, 1.165) is 12.1 Å². The molecule has 26 heavy (non-hydrogen) atoms. The first-order valence-electron chi connectivity index (χ1n) is 8.83. The molecular weight excluding hydrogens is 461 g/mol. The van der Waals surface area contributed by atoms with Gasteiger partial charge in [0.25, 0.3) is 0 Å². The first-order valence-corrected chi connectivity index (χ1v) is 10.9. The minimum Gasteiger partial charge on any atom is -0.357 e. The predicted octanol–water partition coefficient (Wildman–Crippen LogP) is 3.48. The number of nitrogens with zero attached hydrogens (tertiary/aromatic N) is 1. The van der Waals surface area contributed by atoms with Crippen LogP contribution in [0.5, 0.6) is 0 Å². The zero-order valence-electron chi connectivity index (χ0n) is 16.8. The molecule has 1 aromatic carbocycles. The van der Waals surface area contributed by atoms with E-state index in [4.69, 9.17) is 0 Å². The van der Waals surface area contributed by atoms with Crippen LogP contribution in [0.2, 0.25) is 0 Å². The Morgan fingerprint density at radius 1 is 1.19 bits per heavy atom. The molecule has 1 rings (SSSR count). The van der Waals surface area contributed by atoms with Crippen LogP contribution in [0.15, 0.2) is 29.3 Å². The van der Waals surface area contributed by atoms with Crippen LogP contribution in [0.25, 0.3) is 0 Å². The molecule has 0 aromatic heterocycles. The first kappa shape index (κ1) is 25.2. The van der Waals surface area contributed by atoms with Crippen molar-refractivity contribution in [2.75, 3.05) is 18.6 Å². The molecule has 0 heterocycles. The lowest BCUT2D eigenvalue weighted by atomic mass is 9.87. The van der Waals surface area contributed by atoms with E-state index in [-0.39, 0.29) is 41.2 Å². The Kier molecular flexibility index (Phi) is 10.8. The van der Waals surface area contributed by atoms with Crippen LogP contribution in [0.3, 0.4) is 0 Å². The zero-order chi connectivity index (χ0) is 19.1. The van der Waals surface area contributed by atoms with E-state index in [0.29, 0.717) is 18.9 Å². The third-order valence-corrected chi connectivity index (χ3v) is 4.87. The van der Waals surface area contributed by atoms with Gasteiger partial charge in [0.2, 0.25) is 0 Å². The van der Waals surface area contributed by atoms with Crippen molar-refractivity contribution in [2.45, 2.75) is 59.0 Å². The molecule has 0 saturated carbocycles. The van der Waals surface area contributed by atoms with Gasteiger partial charge >= 0.3 is 0 Å². The van der Waals surface area contributed by atoms with Crippen LogP contribution in [-0.2, 0) is 21.8 Å². The highest BCUT2D eigenvalue weighted by atomic mass is 127. The summed E-state index contributed by atoms with van der Waals surface area (Å²) < 4.78 is 22.6. The summed E-state index contributed by atoms with van der Waals surface area (Å²) in [6, 6.07) is 8.57. The van der Waals surface area contributed by atoms with Crippen molar-refractivity contribution in [1.29, 1.82) is 0 Å². The van der Waals surface area contributed by atoms with Crippen molar-refractivity contribution < 1.29 is 8.42 Å². The van der Waals surface area contributed by atoms with E-state index in [1.165, 1.54) is 11.8 Å². The monoisotopic (exact) mass is 495 g/mol. The van der Waals surface area contributed by atoms with Gasteiger partial charge in [-0.2, -0.15) is 0 Å². The van der Waals surface area contributed by atoms with Gasteiger partial charge in [-0.1, -0.05) is 45.0 Å². The molecule has 1 aromatic rings. The third kappa shape index (κ3) is 10.4. The number of aliphatic imine (C=N–C) groups is 1. The number of guanidine groups is 1. The van der Waals surface area contributed by atoms with Crippen LogP contribution in [0, 0.1) is 0 Å². The summed E-state index contributed by atoms with van der Waals surface area (Å²) in [4.78, 5) is 4.60.